The van der Waals surface area contributed by atoms with E-state index in [1.165, 1.54) is 12.8 Å². The Balaban J connectivity index is -0.000000514. The van der Waals surface area contributed by atoms with Crippen molar-refractivity contribution >= 4 is 47.6 Å². The molecule has 2 heterocycles. The number of phenolic OH excluding ortho intramolecular Hbond substituents is 4. The Morgan fingerprint density at radius 1 is 0.410 bits per heavy atom. The van der Waals surface area contributed by atoms with Gasteiger partial charge in [0.2, 0.25) is 0 Å². The third-order valence-corrected chi connectivity index (χ3v) is 10.4. The Kier molecular flexibility index (Phi) is 44.6. The summed E-state index contributed by atoms with van der Waals surface area (Å²) in [6.45, 7) is 39.0. The van der Waals surface area contributed by atoms with Gasteiger partial charge in [0.05, 0.1) is 22.7 Å². The van der Waals surface area contributed by atoms with E-state index in [2.05, 4.69) is 46.6 Å². The number of aryl methyl sites for hydroxylation is 8. The first-order valence-corrected chi connectivity index (χ1v) is 22.9. The fourth-order valence-corrected chi connectivity index (χ4v) is 7.12. The van der Waals surface area contributed by atoms with Crippen molar-refractivity contribution in [2.75, 3.05) is 13.2 Å². The smallest absolute Gasteiger partial charge is 0.00878 e. The molecule has 0 amide bonds. The van der Waals surface area contributed by atoms with Gasteiger partial charge in [-0.3, -0.25) is 20.0 Å². The average Bonchev–Trinajstić information content (AvgIpc) is 4.22. The van der Waals surface area contributed by atoms with Crippen LogP contribution >= 0.6 is 0 Å². The molecule has 0 unspecified atom stereocenters. The normalized spacial score (nSPS) is 11.5. The number of nitrogens with zero attached hydrogens (tertiary/aromatic N) is 4. The number of hydrogen-bond donors (Lipinski definition) is 4. The molecule has 18 heteroatoms. The van der Waals surface area contributed by atoms with E-state index in [4.69, 9.17) is 28.1 Å². The second-order valence-electron chi connectivity index (χ2n) is 16.4. The van der Waals surface area contributed by atoms with Gasteiger partial charge in [-0.2, -0.15) is 12.8 Å². The average molecular weight is 1180 g/mol. The van der Waals surface area contributed by atoms with Gasteiger partial charge in [-0.05, 0) is 148 Å². The predicted octanol–water partition coefficient (Wildman–Crippen LogP) is 12.6. The molecule has 6 aromatic carbocycles. The first-order valence-electron chi connectivity index (χ1n) is 22.9. The van der Waals surface area contributed by atoms with Crippen LogP contribution in [-0.2, 0) is 79.6 Å². The zero-order chi connectivity index (χ0) is 55.6. The van der Waals surface area contributed by atoms with Crippen LogP contribution in [0.15, 0.2) is 117 Å². The van der Waals surface area contributed by atoms with Crippen molar-refractivity contribution in [3.63, 3.8) is 0 Å². The number of phenols is 4. The Morgan fingerprint density at radius 3 is 0.769 bits per heavy atom. The third-order valence-electron chi connectivity index (χ3n) is 10.4. The molecule has 0 spiro atoms. The molecule has 6 N–H and O–H groups in total. The predicted molar refractivity (Wildman–Crippen MR) is 291 cm³/mol. The molecule has 2 aliphatic rings. The first-order chi connectivity index (χ1) is 35.7. The van der Waals surface area contributed by atoms with E-state index in [0.717, 1.165) is 70.6 Å². The minimum atomic E-state index is 0. The Hall–Kier alpha value is -6.39. The first kappa shape index (κ1) is 78.1. The van der Waals surface area contributed by atoms with Crippen molar-refractivity contribution in [1.29, 1.82) is 0 Å². The van der Waals surface area contributed by atoms with Gasteiger partial charge in [-0.15, -0.1) is 0 Å². The van der Waals surface area contributed by atoms with Crippen LogP contribution in [0.5, 0.6) is 23.0 Å². The monoisotopic (exact) mass is 1180 g/mol. The molecule has 8 rings (SSSR count). The van der Waals surface area contributed by atoms with Gasteiger partial charge < -0.3 is 35.4 Å². The van der Waals surface area contributed by atoms with Crippen molar-refractivity contribution in [3.05, 3.63) is 204 Å². The number of para-hydroxylation sites is 4. The summed E-state index contributed by atoms with van der Waals surface area (Å²) in [5.41, 5.74) is 12.9. The molecule has 0 saturated carbocycles. The number of aromatic hydroxyl groups is 4. The van der Waals surface area contributed by atoms with Crippen molar-refractivity contribution in [1.82, 2.24) is 0 Å². The van der Waals surface area contributed by atoms with E-state index in [1.807, 2.05) is 166 Å². The number of benzene rings is 6. The summed E-state index contributed by atoms with van der Waals surface area (Å²) < 4.78 is 39.6. The molecule has 2 saturated heterocycles. The van der Waals surface area contributed by atoms with E-state index in [9.17, 15) is 20.4 Å². The molecule has 0 atom stereocenters. The molecular weight excluding hydrogens is 1120 g/mol. The molecule has 0 aromatic heterocycles. The van der Waals surface area contributed by atoms with E-state index in [0.29, 0.717) is 45.0 Å². The van der Waals surface area contributed by atoms with E-state index >= 15 is 0 Å². The fourth-order valence-electron chi connectivity index (χ4n) is 7.12. The minimum Gasteiger partial charge on any atom is -0.552 e. The van der Waals surface area contributed by atoms with Crippen LogP contribution in [0.1, 0.15) is 92.4 Å². The Morgan fingerprint density at radius 2 is 0.615 bits per heavy atom. The molecule has 2 aliphatic heterocycles. The zero-order valence-corrected chi connectivity index (χ0v) is 48.2. The molecule has 2 fully saturated rings. The van der Waals surface area contributed by atoms with Gasteiger partial charge in [0.25, 0.3) is 0 Å². The number of ether oxygens (including phenoxy) is 2. The summed E-state index contributed by atoms with van der Waals surface area (Å²) in [6.07, 6.45) is 11.4. The van der Waals surface area contributed by atoms with Crippen LogP contribution in [0.25, 0.3) is 0 Å². The van der Waals surface area contributed by atoms with Crippen LogP contribution in [-0.4, -0.2) is 64.0 Å². The van der Waals surface area contributed by atoms with Crippen molar-refractivity contribution in [2.45, 2.75) is 81.1 Å². The van der Waals surface area contributed by atoms with Crippen molar-refractivity contribution in [3.8, 4) is 23.0 Å². The molecule has 1 radical (unpaired) electrons. The van der Waals surface area contributed by atoms with Crippen LogP contribution in [0, 0.1) is 95.2 Å². The second-order valence-corrected chi connectivity index (χ2v) is 16.4. The third kappa shape index (κ3) is 27.3. The molecule has 0 aliphatic carbocycles. The summed E-state index contributed by atoms with van der Waals surface area (Å²) in [5.74, 6) is 0.928. The standard InChI is InChI=1S/2C24H24N2O2.2C4H7O.4CO.Co.2Cr.H2O/c2*1-15-9-17(3)23(27)19(11-15)13-25-21-7-5-6-8-22(21)26-14-20-12-16(2)10-18(4)24(20)28;2*1-2-4-5-3-1;4*1-2;;;;/h2*5-14,27-28H,1-4H3;2*3H,1-2,4H2;;;;;;;;1H2/q;;2*-1;;;;;;;;. The van der Waals surface area contributed by atoms with Crippen molar-refractivity contribution < 1.29 is 105 Å². The van der Waals surface area contributed by atoms with Crippen LogP contribution in [0.3, 0.4) is 0 Å². The largest absolute Gasteiger partial charge is 0.552 e. The maximum atomic E-state index is 10.3. The number of hydrogen-bond acceptors (Lipinski definition) is 10. The van der Waals surface area contributed by atoms with Crippen molar-refractivity contribution in [2.24, 2.45) is 20.0 Å². The van der Waals surface area contributed by atoms with Crippen LogP contribution in [0.4, 0.5) is 22.7 Å². The summed E-state index contributed by atoms with van der Waals surface area (Å²) in [4.78, 5) is 18.1. The van der Waals surface area contributed by atoms with Gasteiger partial charge in [0.1, 0.15) is 23.0 Å². The molecule has 0 bridgehead atoms. The van der Waals surface area contributed by atoms with E-state index < -0.39 is 0 Å². The topological polar surface area (TPSA) is 260 Å². The van der Waals surface area contributed by atoms with Gasteiger partial charge in [0.15, 0.2) is 0 Å². The molecule has 413 valence electrons. The second kappa shape index (κ2) is 44.6. The minimum absolute atomic E-state index is 0. The van der Waals surface area contributed by atoms with Gasteiger partial charge in [-0.1, -0.05) is 61.4 Å². The molecule has 6 aromatic rings. The zero-order valence-electron chi connectivity index (χ0n) is 44.6. The Labute approximate surface area is 491 Å². The summed E-state index contributed by atoms with van der Waals surface area (Å²) in [5, 5.41) is 41.0. The van der Waals surface area contributed by atoms with Crippen LogP contribution < -0.4 is 0 Å². The van der Waals surface area contributed by atoms with Gasteiger partial charge in [0, 0.05) is 112 Å². The summed E-state index contributed by atoms with van der Waals surface area (Å²) in [7, 11) is 0. The number of aliphatic imine (C=N–C) groups is 4. The maximum Gasteiger partial charge on any atom is 0.00878 e. The van der Waals surface area contributed by atoms with Gasteiger partial charge >= 0.3 is 45.2 Å². The summed E-state index contributed by atoms with van der Waals surface area (Å²) in [6, 6.07) is 30.3. The van der Waals surface area contributed by atoms with E-state index in [1.54, 1.807) is 24.9 Å². The molecular formula is C60H64CoCr2N4O11-2. The van der Waals surface area contributed by atoms with E-state index in [-0.39, 0.29) is 80.0 Å². The summed E-state index contributed by atoms with van der Waals surface area (Å²) >= 11 is 0. The SMILES string of the molecule is Cc1cc(C)c(O)c(C=Nc2ccccc2N=Cc2cc(C)cc(C)c2O)c1.Cc1cc(C)c(O)c(C=Nc2ccccc2N=Cc2cc(C)cc(C)c2O)c1.O.[C-]#[O+].[C-]#[O+].[C-]#[O+].[C-]#[O+].[CH-]1CCCO1.[CH-]1CCCO1.[Co].[Cr].[Cr]. The molecule has 15 nitrogen and oxygen atoms in total. The maximum absolute atomic E-state index is 10.3. The fraction of sp³-hybridized carbons (Fsp3) is 0.233. The number of rotatable bonds is 8. The van der Waals surface area contributed by atoms with Gasteiger partial charge in [-0.25, -0.2) is 13.2 Å². The quantitative estimate of drug-likeness (QED) is 0.0654. The molecule has 78 heavy (non-hydrogen) atoms. The van der Waals surface area contributed by atoms with Crippen LogP contribution in [0.2, 0.25) is 0 Å². The Bertz CT molecular complexity index is 2530.